The lowest BCUT2D eigenvalue weighted by Gasteiger charge is -2.30. The highest BCUT2D eigenvalue weighted by atomic mass is 35.5. The number of hydrogen-bond donors (Lipinski definition) is 1. The Bertz CT molecular complexity index is 833. The van der Waals surface area contributed by atoms with E-state index in [1.807, 2.05) is 12.1 Å². The zero-order valence-electron chi connectivity index (χ0n) is 15.0. The Labute approximate surface area is 177 Å². The molecule has 0 saturated carbocycles. The first-order valence-corrected chi connectivity index (χ1v) is 10.5. The van der Waals surface area contributed by atoms with Crippen molar-refractivity contribution in [3.63, 3.8) is 0 Å². The average Bonchev–Trinajstić information content (AvgIpc) is 2.94. The predicted octanol–water partition coefficient (Wildman–Crippen LogP) is 3.25. The second-order valence-electron chi connectivity index (χ2n) is 6.63. The summed E-state index contributed by atoms with van der Waals surface area (Å²) in [5.74, 6) is -1.48. The minimum atomic E-state index is -0.808. The lowest BCUT2D eigenvalue weighted by atomic mass is 9.97. The third-order valence-electron chi connectivity index (χ3n) is 4.79. The van der Waals surface area contributed by atoms with Crippen LogP contribution in [0.25, 0.3) is 6.08 Å². The molecular formula is C19H19ClN2O4S2. The summed E-state index contributed by atoms with van der Waals surface area (Å²) >= 11 is 12.4. The summed E-state index contributed by atoms with van der Waals surface area (Å²) in [5, 5.41) is 9.66. The highest BCUT2D eigenvalue weighted by molar-refractivity contribution is 8.26. The number of nitrogens with zero attached hydrogens (tertiary/aromatic N) is 2. The number of carboxylic acid groups (broad SMARTS) is 1. The maximum atomic E-state index is 12.6. The molecule has 2 saturated heterocycles. The van der Waals surface area contributed by atoms with E-state index in [1.165, 1.54) is 16.7 Å². The molecule has 1 aromatic carbocycles. The highest BCUT2D eigenvalue weighted by Gasteiger charge is 2.33. The van der Waals surface area contributed by atoms with Crippen molar-refractivity contribution in [1.29, 1.82) is 0 Å². The van der Waals surface area contributed by atoms with Crippen LogP contribution in [0.5, 0.6) is 0 Å². The van der Waals surface area contributed by atoms with Gasteiger partial charge in [0.25, 0.3) is 5.91 Å². The molecule has 2 aliphatic rings. The van der Waals surface area contributed by atoms with Crippen LogP contribution in [-0.2, 0) is 14.4 Å². The average molecular weight is 439 g/mol. The summed E-state index contributed by atoms with van der Waals surface area (Å²) in [4.78, 5) is 39.7. The number of carbonyl (C=O) groups excluding carboxylic acids is 2. The van der Waals surface area contributed by atoms with Crippen LogP contribution in [0.2, 0.25) is 5.02 Å². The molecule has 0 atom stereocenters. The molecule has 0 unspecified atom stereocenters. The lowest BCUT2D eigenvalue weighted by Crippen LogP contribution is -2.41. The first-order valence-electron chi connectivity index (χ1n) is 8.86. The van der Waals surface area contributed by atoms with E-state index in [0.717, 1.165) is 5.56 Å². The Kier molecular flexibility index (Phi) is 6.74. The summed E-state index contributed by atoms with van der Waals surface area (Å²) in [6, 6.07) is 7.14. The molecule has 0 radical (unpaired) electrons. The number of benzene rings is 1. The van der Waals surface area contributed by atoms with Gasteiger partial charge in [0.15, 0.2) is 0 Å². The zero-order valence-corrected chi connectivity index (χ0v) is 17.4. The van der Waals surface area contributed by atoms with Gasteiger partial charge in [-0.2, -0.15) is 0 Å². The maximum absolute atomic E-state index is 12.6. The van der Waals surface area contributed by atoms with E-state index < -0.39 is 5.97 Å². The van der Waals surface area contributed by atoms with Gasteiger partial charge in [0.05, 0.1) is 10.8 Å². The molecule has 148 valence electrons. The van der Waals surface area contributed by atoms with Crippen LogP contribution in [0.15, 0.2) is 29.2 Å². The van der Waals surface area contributed by atoms with Crippen molar-refractivity contribution in [2.24, 2.45) is 5.92 Å². The smallest absolute Gasteiger partial charge is 0.306 e. The number of carboxylic acids is 1. The Hall–Kier alpha value is -1.90. The number of amides is 2. The Balaban J connectivity index is 1.55. The number of thioether (sulfide) groups is 1. The first kappa shape index (κ1) is 20.8. The predicted molar refractivity (Wildman–Crippen MR) is 113 cm³/mol. The van der Waals surface area contributed by atoms with Crippen LogP contribution in [0.1, 0.15) is 24.8 Å². The Morgan fingerprint density at radius 3 is 2.50 bits per heavy atom. The van der Waals surface area contributed by atoms with Crippen molar-refractivity contribution in [1.82, 2.24) is 9.80 Å². The van der Waals surface area contributed by atoms with Crippen LogP contribution >= 0.6 is 35.6 Å². The van der Waals surface area contributed by atoms with Crippen LogP contribution < -0.4 is 0 Å². The zero-order chi connectivity index (χ0) is 20.3. The molecule has 0 spiro atoms. The number of rotatable bonds is 5. The number of aliphatic carboxylic acids is 1. The molecule has 0 bridgehead atoms. The van der Waals surface area contributed by atoms with Gasteiger partial charge < -0.3 is 10.0 Å². The summed E-state index contributed by atoms with van der Waals surface area (Å²) in [6.07, 6.45) is 2.85. The number of thiocarbonyl (C=S) groups is 1. The van der Waals surface area contributed by atoms with E-state index in [0.29, 0.717) is 40.2 Å². The van der Waals surface area contributed by atoms with Crippen molar-refractivity contribution < 1.29 is 19.5 Å². The van der Waals surface area contributed by atoms with Crippen LogP contribution in [0.3, 0.4) is 0 Å². The topological polar surface area (TPSA) is 77.9 Å². The second-order valence-corrected chi connectivity index (χ2v) is 8.74. The molecule has 2 fully saturated rings. The fraction of sp³-hybridized carbons (Fsp3) is 0.368. The van der Waals surface area contributed by atoms with E-state index in [-0.39, 0.29) is 30.7 Å². The third-order valence-corrected chi connectivity index (χ3v) is 6.42. The summed E-state index contributed by atoms with van der Waals surface area (Å²) in [7, 11) is 0. The maximum Gasteiger partial charge on any atom is 0.306 e. The van der Waals surface area contributed by atoms with Crippen molar-refractivity contribution in [2.45, 2.75) is 19.3 Å². The van der Waals surface area contributed by atoms with E-state index in [4.69, 9.17) is 28.9 Å². The molecule has 9 heteroatoms. The molecule has 0 aliphatic carbocycles. The second kappa shape index (κ2) is 9.07. The van der Waals surface area contributed by atoms with Gasteiger partial charge in [-0.3, -0.25) is 19.3 Å². The van der Waals surface area contributed by atoms with Gasteiger partial charge >= 0.3 is 5.97 Å². The molecule has 2 amide bonds. The highest BCUT2D eigenvalue weighted by Crippen LogP contribution is 2.33. The van der Waals surface area contributed by atoms with E-state index in [9.17, 15) is 14.4 Å². The van der Waals surface area contributed by atoms with Crippen LogP contribution in [0, 0.1) is 5.92 Å². The number of piperidine rings is 1. The fourth-order valence-corrected chi connectivity index (χ4v) is 4.58. The quantitative estimate of drug-likeness (QED) is 0.561. The molecule has 1 N–H and O–H groups in total. The van der Waals surface area contributed by atoms with Crippen molar-refractivity contribution in [2.75, 3.05) is 19.6 Å². The van der Waals surface area contributed by atoms with Gasteiger partial charge in [-0.05, 0) is 36.6 Å². The van der Waals surface area contributed by atoms with Crippen LogP contribution in [0.4, 0.5) is 0 Å². The van der Waals surface area contributed by atoms with Gasteiger partial charge in [-0.1, -0.05) is 47.7 Å². The molecule has 3 rings (SSSR count). The summed E-state index contributed by atoms with van der Waals surface area (Å²) in [6.45, 7) is 1.09. The number of carbonyl (C=O) groups is 3. The van der Waals surface area contributed by atoms with Crippen LogP contribution in [-0.4, -0.2) is 56.6 Å². The number of halogens is 1. The Morgan fingerprint density at radius 2 is 1.89 bits per heavy atom. The molecule has 0 aromatic heterocycles. The van der Waals surface area contributed by atoms with Gasteiger partial charge in [-0.25, -0.2) is 0 Å². The van der Waals surface area contributed by atoms with Gasteiger partial charge in [0.2, 0.25) is 5.91 Å². The number of hydrogen-bond acceptors (Lipinski definition) is 5. The molecule has 2 heterocycles. The lowest BCUT2D eigenvalue weighted by molar-refractivity contribution is -0.145. The first-order chi connectivity index (χ1) is 13.3. The summed E-state index contributed by atoms with van der Waals surface area (Å²) in [5.41, 5.74) is 0.849. The molecule has 6 nitrogen and oxygen atoms in total. The van der Waals surface area contributed by atoms with Gasteiger partial charge in [0.1, 0.15) is 4.32 Å². The van der Waals surface area contributed by atoms with Gasteiger partial charge in [0, 0.05) is 31.1 Å². The molecule has 1 aromatic rings. The van der Waals surface area contributed by atoms with E-state index in [1.54, 1.807) is 23.1 Å². The fourth-order valence-electron chi connectivity index (χ4n) is 3.14. The summed E-state index contributed by atoms with van der Waals surface area (Å²) < 4.78 is 0.433. The molecule has 28 heavy (non-hydrogen) atoms. The molecular weight excluding hydrogens is 420 g/mol. The largest absolute Gasteiger partial charge is 0.481 e. The minimum absolute atomic E-state index is 0.0837. The van der Waals surface area contributed by atoms with Crippen molar-refractivity contribution in [3.8, 4) is 0 Å². The monoisotopic (exact) mass is 438 g/mol. The number of likely N-dealkylation sites (tertiary alicyclic amines) is 1. The minimum Gasteiger partial charge on any atom is -0.481 e. The standard InChI is InChI=1S/C19H19ClN2O4S2/c20-14-3-1-12(2-4-14)11-15-17(24)22(19(27)28-15)10-7-16(23)21-8-5-13(6-9-21)18(25)26/h1-4,11,13H,5-10H2,(H,25,26). The third kappa shape index (κ3) is 4.92. The van der Waals surface area contributed by atoms with Crippen molar-refractivity contribution in [3.05, 3.63) is 39.8 Å². The Morgan fingerprint density at radius 1 is 1.25 bits per heavy atom. The van der Waals surface area contributed by atoms with Gasteiger partial charge in [-0.15, -0.1) is 0 Å². The van der Waals surface area contributed by atoms with E-state index >= 15 is 0 Å². The van der Waals surface area contributed by atoms with Crippen molar-refractivity contribution >= 4 is 63.8 Å². The SMILES string of the molecule is O=C(O)C1CCN(C(=O)CCN2C(=O)C(=Cc3ccc(Cl)cc3)SC2=S)CC1. The normalized spacial score (nSPS) is 19.5. The molecule has 2 aliphatic heterocycles. The van der Waals surface area contributed by atoms with E-state index in [2.05, 4.69) is 0 Å².